The van der Waals surface area contributed by atoms with E-state index in [0.717, 1.165) is 0 Å². The van der Waals surface area contributed by atoms with Crippen molar-refractivity contribution in [2.45, 2.75) is 6.61 Å². The van der Waals surface area contributed by atoms with Gasteiger partial charge in [-0.3, -0.25) is 0 Å². The fourth-order valence-electron chi connectivity index (χ4n) is 1.93. The Hall–Kier alpha value is -2.44. The van der Waals surface area contributed by atoms with E-state index in [4.69, 9.17) is 38.4 Å². The molecule has 0 unspecified atom stereocenters. The molecule has 2 amide bonds. The molecule has 3 N–H and O–H groups in total. The first kappa shape index (κ1) is 17.9. The van der Waals surface area contributed by atoms with Gasteiger partial charge in [0.15, 0.2) is 11.5 Å². The number of nitrogens with two attached hydrogens (primary N) is 1. The lowest BCUT2D eigenvalue weighted by molar-refractivity contribution is 0.249. The molecule has 24 heavy (non-hydrogen) atoms. The van der Waals surface area contributed by atoms with Crippen LogP contribution in [-0.4, -0.2) is 19.4 Å². The van der Waals surface area contributed by atoms with Gasteiger partial charge in [0.25, 0.3) is 0 Å². The number of carbonyl (C=O) groups is 1. The number of halogens is 2. The highest BCUT2D eigenvalue weighted by atomic mass is 35.5. The van der Waals surface area contributed by atoms with Crippen LogP contribution in [0.3, 0.4) is 0 Å². The number of ether oxygens (including phenoxy) is 2. The number of amides is 2. The second-order valence-electron chi connectivity index (χ2n) is 4.60. The van der Waals surface area contributed by atoms with E-state index < -0.39 is 6.03 Å². The highest BCUT2D eigenvalue weighted by molar-refractivity contribution is 6.35. The normalized spacial score (nSPS) is 10.6. The number of para-hydroxylation sites is 1. The van der Waals surface area contributed by atoms with Gasteiger partial charge in [0.2, 0.25) is 0 Å². The Morgan fingerprint density at radius 3 is 2.54 bits per heavy atom. The Balaban J connectivity index is 2.27. The number of benzene rings is 2. The number of hydrogen-bond donors (Lipinski definition) is 2. The average molecular weight is 368 g/mol. The molecule has 0 aliphatic heterocycles. The van der Waals surface area contributed by atoms with E-state index in [0.29, 0.717) is 32.7 Å². The number of carbonyl (C=O) groups excluding carboxylic acids is 1. The van der Waals surface area contributed by atoms with Gasteiger partial charge in [-0.1, -0.05) is 35.3 Å². The van der Waals surface area contributed by atoms with Gasteiger partial charge in [0.1, 0.15) is 6.61 Å². The molecule has 0 aliphatic carbocycles. The SMILES string of the molecule is COc1cccc(C=NNC(N)=O)c1OCc1c(Cl)cccc1Cl. The van der Waals surface area contributed by atoms with Crippen LogP contribution >= 0.6 is 23.2 Å². The molecule has 8 heteroatoms. The minimum Gasteiger partial charge on any atom is -0.493 e. The summed E-state index contributed by atoms with van der Waals surface area (Å²) in [5.74, 6) is 0.937. The summed E-state index contributed by atoms with van der Waals surface area (Å²) < 4.78 is 11.1. The van der Waals surface area contributed by atoms with E-state index in [1.807, 2.05) is 0 Å². The van der Waals surface area contributed by atoms with Crippen molar-refractivity contribution in [3.63, 3.8) is 0 Å². The fraction of sp³-hybridized carbons (Fsp3) is 0.125. The molecule has 0 saturated heterocycles. The Labute approximate surface area is 149 Å². The maximum atomic E-state index is 10.7. The third kappa shape index (κ3) is 4.53. The number of methoxy groups -OCH3 is 1. The quantitative estimate of drug-likeness (QED) is 0.604. The average Bonchev–Trinajstić information content (AvgIpc) is 2.54. The van der Waals surface area contributed by atoms with Crippen molar-refractivity contribution in [3.05, 3.63) is 57.6 Å². The number of urea groups is 1. The molecular formula is C16H15Cl2N3O3. The lowest BCUT2D eigenvalue weighted by Gasteiger charge is -2.14. The van der Waals surface area contributed by atoms with Crippen molar-refractivity contribution in [2.24, 2.45) is 10.8 Å². The van der Waals surface area contributed by atoms with E-state index in [1.165, 1.54) is 13.3 Å². The minimum atomic E-state index is -0.764. The van der Waals surface area contributed by atoms with Crippen molar-refractivity contribution in [1.29, 1.82) is 0 Å². The summed E-state index contributed by atoms with van der Waals surface area (Å²) in [6, 6.07) is 9.70. The summed E-state index contributed by atoms with van der Waals surface area (Å²) in [6.45, 7) is 0.142. The Kier molecular flexibility index (Phi) is 6.28. The highest BCUT2D eigenvalue weighted by Crippen LogP contribution is 2.32. The minimum absolute atomic E-state index is 0.142. The molecule has 2 aromatic rings. The first-order valence-corrected chi connectivity index (χ1v) is 7.59. The van der Waals surface area contributed by atoms with E-state index in [9.17, 15) is 4.79 Å². The third-order valence-corrected chi connectivity index (χ3v) is 3.74. The van der Waals surface area contributed by atoms with Gasteiger partial charge in [-0.15, -0.1) is 0 Å². The molecule has 0 aromatic heterocycles. The van der Waals surface area contributed by atoms with Crippen LogP contribution in [0.25, 0.3) is 0 Å². The number of nitrogens with zero attached hydrogens (tertiary/aromatic N) is 1. The molecule has 0 spiro atoms. The zero-order valence-electron chi connectivity index (χ0n) is 12.8. The van der Waals surface area contributed by atoms with Crippen LogP contribution in [0.5, 0.6) is 11.5 Å². The van der Waals surface area contributed by atoms with Gasteiger partial charge >= 0.3 is 6.03 Å². The first-order valence-electron chi connectivity index (χ1n) is 6.84. The third-order valence-electron chi connectivity index (χ3n) is 3.03. The molecule has 0 fully saturated rings. The van der Waals surface area contributed by atoms with E-state index in [1.54, 1.807) is 36.4 Å². The van der Waals surface area contributed by atoms with Crippen molar-refractivity contribution in [3.8, 4) is 11.5 Å². The molecule has 0 heterocycles. The number of hydrogen-bond acceptors (Lipinski definition) is 4. The Morgan fingerprint density at radius 1 is 1.25 bits per heavy atom. The zero-order chi connectivity index (χ0) is 17.5. The summed E-state index contributed by atoms with van der Waals surface area (Å²) in [6.07, 6.45) is 1.40. The van der Waals surface area contributed by atoms with Crippen molar-refractivity contribution < 1.29 is 14.3 Å². The molecule has 2 rings (SSSR count). The van der Waals surface area contributed by atoms with Gasteiger partial charge in [0.05, 0.1) is 13.3 Å². The van der Waals surface area contributed by atoms with E-state index >= 15 is 0 Å². The van der Waals surface area contributed by atoms with Crippen LogP contribution in [0, 0.1) is 0 Å². The fourth-order valence-corrected chi connectivity index (χ4v) is 2.44. The number of primary amides is 1. The molecule has 0 saturated carbocycles. The molecule has 0 aliphatic rings. The van der Waals surface area contributed by atoms with Crippen LogP contribution < -0.4 is 20.6 Å². The summed E-state index contributed by atoms with van der Waals surface area (Å²) in [5, 5.41) is 4.74. The summed E-state index contributed by atoms with van der Waals surface area (Å²) in [5.41, 5.74) is 8.34. The van der Waals surface area contributed by atoms with Gasteiger partial charge in [-0.25, -0.2) is 10.2 Å². The molecule has 6 nitrogen and oxygen atoms in total. The van der Waals surface area contributed by atoms with Crippen molar-refractivity contribution >= 4 is 35.4 Å². The van der Waals surface area contributed by atoms with Gasteiger partial charge in [0, 0.05) is 21.2 Å². The maximum absolute atomic E-state index is 10.7. The molecule has 0 bridgehead atoms. The highest BCUT2D eigenvalue weighted by Gasteiger charge is 2.12. The summed E-state index contributed by atoms with van der Waals surface area (Å²) >= 11 is 12.3. The van der Waals surface area contributed by atoms with Gasteiger partial charge in [-0.2, -0.15) is 5.10 Å². The lowest BCUT2D eigenvalue weighted by atomic mass is 10.2. The van der Waals surface area contributed by atoms with E-state index in [-0.39, 0.29) is 6.61 Å². The summed E-state index contributed by atoms with van der Waals surface area (Å²) in [7, 11) is 1.52. The predicted octanol–water partition coefficient (Wildman–Crippen LogP) is 3.58. The van der Waals surface area contributed by atoms with Crippen LogP contribution in [0.15, 0.2) is 41.5 Å². The standard InChI is InChI=1S/C16H15Cl2N3O3/c1-23-14-7-2-4-10(8-20-21-16(19)22)15(14)24-9-11-12(17)5-3-6-13(11)18/h2-8H,9H2,1H3,(H3,19,21,22). The summed E-state index contributed by atoms with van der Waals surface area (Å²) in [4.78, 5) is 10.7. The second-order valence-corrected chi connectivity index (χ2v) is 5.42. The van der Waals surface area contributed by atoms with Crippen LogP contribution in [0.1, 0.15) is 11.1 Å². The van der Waals surface area contributed by atoms with Crippen LogP contribution in [0.4, 0.5) is 4.79 Å². The maximum Gasteiger partial charge on any atom is 0.332 e. The van der Waals surface area contributed by atoms with Crippen molar-refractivity contribution in [1.82, 2.24) is 5.43 Å². The zero-order valence-corrected chi connectivity index (χ0v) is 14.3. The topological polar surface area (TPSA) is 85.9 Å². The second kappa shape index (κ2) is 8.42. The van der Waals surface area contributed by atoms with E-state index in [2.05, 4.69) is 10.5 Å². The lowest BCUT2D eigenvalue weighted by Crippen LogP contribution is -2.24. The van der Waals surface area contributed by atoms with Crippen molar-refractivity contribution in [2.75, 3.05) is 7.11 Å². The number of nitrogens with one attached hydrogen (secondary N) is 1. The molecule has 0 atom stereocenters. The number of hydrazone groups is 1. The molecule has 0 radical (unpaired) electrons. The van der Waals surface area contributed by atoms with Gasteiger partial charge in [-0.05, 0) is 24.3 Å². The monoisotopic (exact) mass is 367 g/mol. The Morgan fingerprint density at radius 2 is 1.92 bits per heavy atom. The smallest absolute Gasteiger partial charge is 0.332 e. The predicted molar refractivity (Wildman–Crippen MR) is 94.1 cm³/mol. The first-order chi connectivity index (χ1) is 11.5. The van der Waals surface area contributed by atoms with Crippen LogP contribution in [-0.2, 0) is 6.61 Å². The van der Waals surface area contributed by atoms with Crippen LogP contribution in [0.2, 0.25) is 10.0 Å². The molecule has 2 aromatic carbocycles. The largest absolute Gasteiger partial charge is 0.493 e. The molecule has 126 valence electrons. The van der Waals surface area contributed by atoms with Gasteiger partial charge < -0.3 is 15.2 Å². The number of rotatable bonds is 6. The molecular weight excluding hydrogens is 353 g/mol. The Bertz CT molecular complexity index is 746.